The van der Waals surface area contributed by atoms with Crippen LogP contribution in [0.2, 0.25) is 0 Å². The molecule has 2 heterocycles. The van der Waals surface area contributed by atoms with E-state index < -0.39 is 27.3 Å². The Hall–Kier alpha value is -5.68. The predicted molar refractivity (Wildman–Crippen MR) is 237 cm³/mol. The number of methoxy groups -OCH3 is 2. The van der Waals surface area contributed by atoms with Gasteiger partial charge < -0.3 is 35.3 Å². The van der Waals surface area contributed by atoms with Crippen LogP contribution in [0.5, 0.6) is 23.0 Å². The van der Waals surface area contributed by atoms with Crippen LogP contribution in [-0.2, 0) is 10.8 Å². The summed E-state index contributed by atoms with van der Waals surface area (Å²) < 4.78 is 53.4. The van der Waals surface area contributed by atoms with Crippen LogP contribution < -0.4 is 18.5 Å². The molecule has 0 N–H and O–H groups in total. The zero-order valence-electron chi connectivity index (χ0n) is 34.6. The van der Waals surface area contributed by atoms with Crippen molar-refractivity contribution in [3.8, 4) is 34.1 Å². The van der Waals surface area contributed by atoms with Crippen molar-refractivity contribution in [2.45, 2.75) is 66.2 Å². The molecule has 6 aromatic carbocycles. The Balaban J connectivity index is 1.49. The normalized spacial score (nSPS) is 12.0. The summed E-state index contributed by atoms with van der Waals surface area (Å²) in [6.45, 7) is 17.0. The predicted octanol–water partition coefficient (Wildman–Crippen LogP) is 15.5. The largest absolute Gasteiger partial charge is 0.496 e. The summed E-state index contributed by atoms with van der Waals surface area (Å²) >= 11 is 0. The van der Waals surface area contributed by atoms with E-state index in [1.54, 1.807) is 14.2 Å². The van der Waals surface area contributed by atoms with Gasteiger partial charge in [0.15, 0.2) is 0 Å². The first-order valence-electron chi connectivity index (χ1n) is 19.3. The van der Waals surface area contributed by atoms with E-state index in [-0.39, 0.29) is 0 Å². The SMILES string of the molecule is COc1cc(C(C)(C)C)c(Op2oc3ccccc3c3ccccc3o2)c(-c2c(C)c(OC)cc(C(C)(C)C)c2Op2oc3ccccc3c3ccccc3o2)c1C. The molecule has 0 saturated heterocycles. The molecule has 0 aliphatic heterocycles. The van der Waals surface area contributed by atoms with Gasteiger partial charge in [0.25, 0.3) is 0 Å². The van der Waals surface area contributed by atoms with Crippen molar-refractivity contribution < 1.29 is 35.3 Å². The molecule has 0 fully saturated rings. The maximum absolute atomic E-state index is 7.20. The molecular formula is C48H48O8P2. The highest BCUT2D eigenvalue weighted by Crippen LogP contribution is 2.56. The first kappa shape index (κ1) is 39.2. The molecule has 2 aromatic heterocycles. The summed E-state index contributed by atoms with van der Waals surface area (Å²) in [6, 6.07) is 35.8. The summed E-state index contributed by atoms with van der Waals surface area (Å²) in [5.41, 5.74) is 6.82. The van der Waals surface area contributed by atoms with Crippen LogP contribution in [0.25, 0.3) is 55.0 Å². The van der Waals surface area contributed by atoms with Gasteiger partial charge in [0, 0.05) is 54.9 Å². The van der Waals surface area contributed by atoms with Gasteiger partial charge >= 0.3 is 16.5 Å². The fourth-order valence-corrected chi connectivity index (χ4v) is 9.63. The van der Waals surface area contributed by atoms with Crippen molar-refractivity contribution in [1.29, 1.82) is 0 Å². The van der Waals surface area contributed by atoms with Crippen LogP contribution >= 0.6 is 16.5 Å². The molecule has 8 nitrogen and oxygen atoms in total. The summed E-state index contributed by atoms with van der Waals surface area (Å²) in [5.74, 6) is 2.56. The van der Waals surface area contributed by atoms with Crippen molar-refractivity contribution in [3.63, 3.8) is 0 Å². The number of para-hydroxylation sites is 4. The Morgan fingerprint density at radius 3 is 0.966 bits per heavy atom. The van der Waals surface area contributed by atoms with Gasteiger partial charge in [0.2, 0.25) is 0 Å². The van der Waals surface area contributed by atoms with Gasteiger partial charge in [-0.1, -0.05) is 114 Å². The molecule has 0 aliphatic rings. The smallest absolute Gasteiger partial charge is 0.453 e. The molecule has 298 valence electrons. The highest BCUT2D eigenvalue weighted by atomic mass is 31.1. The lowest BCUT2D eigenvalue weighted by Gasteiger charge is -2.30. The number of rotatable bonds is 7. The second kappa shape index (κ2) is 15.2. The number of benzene rings is 6. The quantitative estimate of drug-likeness (QED) is 0.157. The number of ether oxygens (including phenoxy) is 2. The van der Waals surface area contributed by atoms with Crippen LogP contribution in [0.3, 0.4) is 0 Å². The fourth-order valence-electron chi connectivity index (χ4n) is 7.45. The Morgan fingerprint density at radius 1 is 0.431 bits per heavy atom. The molecule has 58 heavy (non-hydrogen) atoms. The second-order valence-corrected chi connectivity index (χ2v) is 18.4. The van der Waals surface area contributed by atoms with E-state index in [4.69, 9.17) is 35.3 Å². The number of fused-ring (bicyclic) bond motifs is 6. The molecule has 10 heteroatoms. The van der Waals surface area contributed by atoms with Crippen LogP contribution in [0.4, 0.5) is 0 Å². The van der Waals surface area contributed by atoms with Crippen LogP contribution in [0.15, 0.2) is 126 Å². The van der Waals surface area contributed by atoms with Gasteiger partial charge in [-0.05, 0) is 61.1 Å². The van der Waals surface area contributed by atoms with Crippen molar-refractivity contribution >= 4 is 60.4 Å². The van der Waals surface area contributed by atoms with Crippen molar-refractivity contribution in [2.24, 2.45) is 0 Å². The minimum absolute atomic E-state index is 0.423. The molecule has 8 rings (SSSR count). The maximum Gasteiger partial charge on any atom is 0.453 e. The van der Waals surface area contributed by atoms with Gasteiger partial charge in [0.1, 0.15) is 45.3 Å². The van der Waals surface area contributed by atoms with Crippen LogP contribution in [0, 0.1) is 13.8 Å². The minimum Gasteiger partial charge on any atom is -0.496 e. The Morgan fingerprint density at radius 2 is 0.707 bits per heavy atom. The lowest BCUT2D eigenvalue weighted by atomic mass is 9.79. The Labute approximate surface area is 340 Å². The molecular weight excluding hydrogens is 766 g/mol. The minimum atomic E-state index is -2.04. The van der Waals surface area contributed by atoms with E-state index in [1.807, 2.05) is 111 Å². The topological polar surface area (TPSA) is 89.5 Å². The third-order valence-corrected chi connectivity index (χ3v) is 12.5. The molecule has 0 atom stereocenters. The van der Waals surface area contributed by atoms with Gasteiger partial charge in [-0.3, -0.25) is 0 Å². The van der Waals surface area contributed by atoms with Gasteiger partial charge in [-0.15, -0.1) is 0 Å². The highest BCUT2D eigenvalue weighted by Gasteiger charge is 2.34. The monoisotopic (exact) mass is 814 g/mol. The standard InChI is InChI=1S/C48H48O8P2/c1-29-41(49-9)27-35(47(3,4)5)45(55-57-51-37-23-15-11-19-31(37)32-20-12-16-24-38(32)52-57)43(29)44-30(2)42(50-10)28-36(48(6,7)8)46(44)56-58-53-39-25-17-13-21-33(39)34-22-14-18-26-40(34)54-58/h11-28H,1-10H3. The second-order valence-electron chi connectivity index (χ2n) is 16.4. The highest BCUT2D eigenvalue weighted by molar-refractivity contribution is 7.32. The van der Waals surface area contributed by atoms with Gasteiger partial charge in [0.05, 0.1) is 14.2 Å². The van der Waals surface area contributed by atoms with Gasteiger partial charge in [-0.25, -0.2) is 0 Å². The number of hydrogen-bond acceptors (Lipinski definition) is 8. The molecule has 0 saturated carbocycles. The molecule has 0 unspecified atom stereocenters. The first-order valence-corrected chi connectivity index (χ1v) is 21.4. The Bertz CT molecular complexity index is 2610. The van der Waals surface area contributed by atoms with E-state index in [0.717, 1.165) is 54.9 Å². The average molecular weight is 815 g/mol. The van der Waals surface area contributed by atoms with Crippen molar-refractivity contribution in [2.75, 3.05) is 14.2 Å². The number of hydrogen-bond donors (Lipinski definition) is 0. The summed E-state index contributed by atoms with van der Waals surface area (Å²) in [5, 5.41) is 3.71. The lowest BCUT2D eigenvalue weighted by Crippen LogP contribution is -2.16. The van der Waals surface area contributed by atoms with Crippen molar-refractivity contribution in [3.05, 3.63) is 131 Å². The zero-order valence-corrected chi connectivity index (χ0v) is 36.3. The van der Waals surface area contributed by atoms with Crippen LogP contribution in [-0.4, -0.2) is 14.2 Å². The van der Waals surface area contributed by atoms with Gasteiger partial charge in [-0.2, -0.15) is 0 Å². The molecule has 0 amide bonds. The summed E-state index contributed by atoms with van der Waals surface area (Å²) in [4.78, 5) is 0. The van der Waals surface area contributed by atoms with Crippen LogP contribution in [0.1, 0.15) is 63.8 Å². The molecule has 0 bridgehead atoms. The summed E-state index contributed by atoms with van der Waals surface area (Å²) in [7, 11) is -0.701. The molecule has 0 radical (unpaired) electrons. The lowest BCUT2D eigenvalue weighted by molar-refractivity contribution is 0.405. The first-order chi connectivity index (χ1) is 27.8. The molecule has 8 aromatic rings. The maximum atomic E-state index is 7.20. The average Bonchev–Trinajstić information content (AvgIpc) is 3.45. The molecule has 0 aliphatic carbocycles. The van der Waals surface area contributed by atoms with E-state index in [0.29, 0.717) is 45.3 Å². The summed E-state index contributed by atoms with van der Waals surface area (Å²) in [6.07, 6.45) is 0. The Kier molecular flexibility index (Phi) is 10.3. The zero-order chi connectivity index (χ0) is 40.9. The van der Waals surface area contributed by atoms with E-state index >= 15 is 0 Å². The third kappa shape index (κ3) is 7.21. The van der Waals surface area contributed by atoms with E-state index in [9.17, 15) is 0 Å². The fraction of sp³-hybridized carbons (Fsp3) is 0.250. The van der Waals surface area contributed by atoms with E-state index in [1.165, 1.54) is 0 Å². The van der Waals surface area contributed by atoms with Crippen molar-refractivity contribution in [1.82, 2.24) is 0 Å². The van der Waals surface area contributed by atoms with E-state index in [2.05, 4.69) is 53.7 Å². The third-order valence-electron chi connectivity index (χ3n) is 10.4. The molecule has 0 spiro atoms.